The maximum Gasteiger partial charge on any atom is 0.490 e. The van der Waals surface area contributed by atoms with Gasteiger partial charge in [-0.1, -0.05) is 38.1 Å². The van der Waals surface area contributed by atoms with Gasteiger partial charge in [0.1, 0.15) is 0 Å². The fourth-order valence-electron chi connectivity index (χ4n) is 3.45. The lowest BCUT2D eigenvalue weighted by Crippen LogP contribution is -2.25. The number of rotatable bonds is 4. The van der Waals surface area contributed by atoms with Gasteiger partial charge < -0.3 is 10.2 Å². The molecular weight excluding hydrogens is 389 g/mol. The molecular formula is C20H23F3N2O4. The third-order valence-corrected chi connectivity index (χ3v) is 4.95. The average molecular weight is 412 g/mol. The highest BCUT2D eigenvalue weighted by molar-refractivity contribution is 5.81. The zero-order valence-electron chi connectivity index (χ0n) is 16.1. The Bertz CT molecular complexity index is 883. The zero-order chi connectivity index (χ0) is 21.8. The summed E-state index contributed by atoms with van der Waals surface area (Å²) in [5.74, 6) is -3.26. The fourth-order valence-corrected chi connectivity index (χ4v) is 3.45. The highest BCUT2D eigenvalue weighted by Crippen LogP contribution is 2.37. The molecule has 1 unspecified atom stereocenters. The zero-order valence-corrected chi connectivity index (χ0v) is 16.1. The van der Waals surface area contributed by atoms with E-state index in [9.17, 15) is 18.0 Å². The SMILES string of the molecule is CC1(C)CN(Cc2cc3ccccc3cn2)CC1CC(=O)O.O=C(O)C(F)(F)F. The van der Waals surface area contributed by atoms with Crippen LogP contribution in [0.4, 0.5) is 13.2 Å². The van der Waals surface area contributed by atoms with Crippen LogP contribution < -0.4 is 0 Å². The van der Waals surface area contributed by atoms with Gasteiger partial charge in [-0.3, -0.25) is 14.7 Å². The van der Waals surface area contributed by atoms with E-state index >= 15 is 0 Å². The van der Waals surface area contributed by atoms with E-state index < -0.39 is 18.1 Å². The van der Waals surface area contributed by atoms with Crippen molar-refractivity contribution in [1.82, 2.24) is 9.88 Å². The van der Waals surface area contributed by atoms with E-state index in [0.29, 0.717) is 0 Å². The summed E-state index contributed by atoms with van der Waals surface area (Å²) in [6.07, 6.45) is -2.92. The van der Waals surface area contributed by atoms with Crippen LogP contribution in [0.5, 0.6) is 0 Å². The Morgan fingerprint density at radius 3 is 2.34 bits per heavy atom. The first-order valence-corrected chi connectivity index (χ1v) is 8.96. The molecule has 29 heavy (non-hydrogen) atoms. The molecule has 9 heteroatoms. The van der Waals surface area contributed by atoms with Gasteiger partial charge in [0.15, 0.2) is 0 Å². The molecule has 1 aliphatic heterocycles. The third-order valence-electron chi connectivity index (χ3n) is 4.95. The Labute approximate surface area is 166 Å². The second-order valence-electron chi connectivity index (χ2n) is 7.78. The largest absolute Gasteiger partial charge is 0.490 e. The topological polar surface area (TPSA) is 90.7 Å². The number of aromatic nitrogens is 1. The lowest BCUT2D eigenvalue weighted by molar-refractivity contribution is -0.192. The summed E-state index contributed by atoms with van der Waals surface area (Å²) in [4.78, 5) is 26.8. The Morgan fingerprint density at radius 1 is 1.21 bits per heavy atom. The predicted octanol–water partition coefficient (Wildman–Crippen LogP) is 3.80. The lowest BCUT2D eigenvalue weighted by atomic mass is 9.80. The summed E-state index contributed by atoms with van der Waals surface area (Å²) >= 11 is 0. The van der Waals surface area contributed by atoms with Crippen molar-refractivity contribution in [1.29, 1.82) is 0 Å². The number of carbonyl (C=O) groups is 2. The van der Waals surface area contributed by atoms with E-state index in [1.165, 1.54) is 5.39 Å². The molecule has 1 aromatic heterocycles. The number of benzene rings is 1. The van der Waals surface area contributed by atoms with Gasteiger partial charge in [0.05, 0.1) is 5.69 Å². The first kappa shape index (κ1) is 22.6. The summed E-state index contributed by atoms with van der Waals surface area (Å²) in [6.45, 7) is 6.85. The van der Waals surface area contributed by atoms with E-state index in [2.05, 4.69) is 41.9 Å². The second-order valence-corrected chi connectivity index (χ2v) is 7.78. The maximum absolute atomic E-state index is 11.0. The standard InChI is InChI=1S/C18H22N2O2.C2HF3O2/c1-18(2)12-20(10-15(18)8-17(21)22)11-16-7-13-5-3-4-6-14(13)9-19-16;3-2(4,5)1(6)7/h3-7,9,15H,8,10-12H2,1-2H3,(H,21,22);(H,6,7). The molecule has 0 bridgehead atoms. The Kier molecular flexibility index (Phi) is 6.84. The number of hydrogen-bond donors (Lipinski definition) is 2. The molecule has 3 rings (SSSR count). The van der Waals surface area contributed by atoms with Gasteiger partial charge in [0.25, 0.3) is 0 Å². The summed E-state index contributed by atoms with van der Waals surface area (Å²) in [7, 11) is 0. The number of carboxylic acids is 2. The summed E-state index contributed by atoms with van der Waals surface area (Å²) in [5, 5.41) is 18.5. The van der Waals surface area contributed by atoms with Crippen molar-refractivity contribution in [3.8, 4) is 0 Å². The van der Waals surface area contributed by atoms with Gasteiger partial charge in [-0.25, -0.2) is 4.79 Å². The normalized spacial score (nSPS) is 18.9. The van der Waals surface area contributed by atoms with Crippen LogP contribution in [0.25, 0.3) is 10.8 Å². The van der Waals surface area contributed by atoms with Gasteiger partial charge >= 0.3 is 18.1 Å². The van der Waals surface area contributed by atoms with Gasteiger partial charge in [0.2, 0.25) is 0 Å². The molecule has 1 fully saturated rings. The number of halogens is 3. The molecule has 2 aromatic rings. The Hall–Kier alpha value is -2.68. The van der Waals surface area contributed by atoms with Crippen molar-refractivity contribution < 1.29 is 33.0 Å². The molecule has 0 spiro atoms. The molecule has 1 aromatic carbocycles. The van der Waals surface area contributed by atoms with Crippen molar-refractivity contribution in [2.45, 2.75) is 33.0 Å². The van der Waals surface area contributed by atoms with Crippen molar-refractivity contribution in [2.24, 2.45) is 11.3 Å². The van der Waals surface area contributed by atoms with Crippen LogP contribution in [0.2, 0.25) is 0 Å². The molecule has 0 aliphatic carbocycles. The fraction of sp³-hybridized carbons (Fsp3) is 0.450. The number of alkyl halides is 3. The number of nitrogens with zero attached hydrogens (tertiary/aromatic N) is 2. The molecule has 158 valence electrons. The van der Waals surface area contributed by atoms with Crippen LogP contribution in [0.15, 0.2) is 36.5 Å². The van der Waals surface area contributed by atoms with Crippen molar-refractivity contribution in [3.63, 3.8) is 0 Å². The molecule has 0 amide bonds. The minimum absolute atomic E-state index is 0.0369. The van der Waals surface area contributed by atoms with Crippen molar-refractivity contribution >= 4 is 22.7 Å². The molecule has 1 saturated heterocycles. The highest BCUT2D eigenvalue weighted by Gasteiger charge is 2.40. The number of aliphatic carboxylic acids is 2. The summed E-state index contributed by atoms with van der Waals surface area (Å²) in [6, 6.07) is 10.3. The van der Waals surface area contributed by atoms with Crippen LogP contribution in [0.1, 0.15) is 26.0 Å². The molecule has 2 N–H and O–H groups in total. The number of fused-ring (bicyclic) bond motifs is 1. The van der Waals surface area contributed by atoms with E-state index in [0.717, 1.165) is 30.7 Å². The quantitative estimate of drug-likeness (QED) is 0.794. The number of pyridine rings is 1. The third kappa shape index (κ3) is 6.42. The monoisotopic (exact) mass is 412 g/mol. The molecule has 1 atom stereocenters. The Balaban J connectivity index is 0.000000370. The van der Waals surface area contributed by atoms with Crippen LogP contribution in [-0.4, -0.2) is 51.3 Å². The minimum Gasteiger partial charge on any atom is -0.481 e. The van der Waals surface area contributed by atoms with Crippen molar-refractivity contribution in [2.75, 3.05) is 13.1 Å². The van der Waals surface area contributed by atoms with Gasteiger partial charge in [-0.05, 0) is 22.8 Å². The van der Waals surface area contributed by atoms with Crippen LogP contribution >= 0.6 is 0 Å². The average Bonchev–Trinajstić information content (AvgIpc) is 2.87. The molecule has 0 radical (unpaired) electrons. The van der Waals surface area contributed by atoms with E-state index in [1.807, 2.05) is 18.3 Å². The van der Waals surface area contributed by atoms with Gasteiger partial charge in [0, 0.05) is 37.6 Å². The van der Waals surface area contributed by atoms with Crippen LogP contribution in [0, 0.1) is 11.3 Å². The number of likely N-dealkylation sites (tertiary alicyclic amines) is 1. The van der Waals surface area contributed by atoms with E-state index in [-0.39, 0.29) is 17.8 Å². The lowest BCUT2D eigenvalue weighted by Gasteiger charge is -2.24. The van der Waals surface area contributed by atoms with E-state index in [1.54, 1.807) is 0 Å². The van der Waals surface area contributed by atoms with E-state index in [4.69, 9.17) is 15.0 Å². The molecule has 6 nitrogen and oxygen atoms in total. The molecule has 2 heterocycles. The van der Waals surface area contributed by atoms with Crippen molar-refractivity contribution in [3.05, 3.63) is 42.2 Å². The molecule has 0 saturated carbocycles. The molecule has 1 aliphatic rings. The predicted molar refractivity (Wildman–Crippen MR) is 100 cm³/mol. The first-order valence-electron chi connectivity index (χ1n) is 8.96. The Morgan fingerprint density at radius 2 is 1.79 bits per heavy atom. The second kappa shape index (κ2) is 8.77. The van der Waals surface area contributed by atoms with Gasteiger partial charge in [-0.15, -0.1) is 0 Å². The smallest absolute Gasteiger partial charge is 0.481 e. The summed E-state index contributed by atoms with van der Waals surface area (Å²) in [5.41, 5.74) is 1.08. The number of carboxylic acid groups (broad SMARTS) is 2. The number of hydrogen-bond acceptors (Lipinski definition) is 4. The maximum atomic E-state index is 11.0. The summed E-state index contributed by atoms with van der Waals surface area (Å²) < 4.78 is 31.7. The minimum atomic E-state index is -5.08. The van der Waals surface area contributed by atoms with Crippen LogP contribution in [-0.2, 0) is 16.1 Å². The first-order chi connectivity index (χ1) is 13.4. The van der Waals surface area contributed by atoms with Gasteiger partial charge in [-0.2, -0.15) is 13.2 Å². The van der Waals surface area contributed by atoms with Crippen LogP contribution in [0.3, 0.4) is 0 Å². The highest BCUT2D eigenvalue weighted by atomic mass is 19.4.